The second kappa shape index (κ2) is 5.47. The van der Waals surface area contributed by atoms with Gasteiger partial charge in [0.25, 0.3) is 0 Å². The Balaban J connectivity index is 3.37. The van der Waals surface area contributed by atoms with Crippen LogP contribution in [0.1, 0.15) is 15.9 Å². The minimum atomic E-state index is -0.0430. The Kier molecular flexibility index (Phi) is 4.54. The van der Waals surface area contributed by atoms with Crippen molar-refractivity contribution in [3.8, 4) is 11.8 Å². The highest BCUT2D eigenvalue weighted by molar-refractivity contribution is 14.1. The summed E-state index contributed by atoms with van der Waals surface area (Å²) < 4.78 is 5.67. The van der Waals surface area contributed by atoms with Crippen LogP contribution in [0.25, 0.3) is 0 Å². The number of carbonyl (C=O) groups excluding carboxylic acids is 1. The van der Waals surface area contributed by atoms with E-state index in [9.17, 15) is 4.79 Å². The van der Waals surface area contributed by atoms with Crippen molar-refractivity contribution in [2.45, 2.75) is 0 Å². The van der Waals surface area contributed by atoms with Crippen LogP contribution in [-0.4, -0.2) is 18.2 Å². The molecule has 0 atom stereocenters. The fourth-order valence-corrected chi connectivity index (χ4v) is 2.29. The van der Waals surface area contributed by atoms with Crippen LogP contribution in [0.3, 0.4) is 0 Å². The zero-order chi connectivity index (χ0) is 11.4. The third-order valence-electron chi connectivity index (χ3n) is 1.86. The molecule has 1 aromatic rings. The Morgan fingerprint density at radius 1 is 1.67 bits per heavy atom. The van der Waals surface area contributed by atoms with Crippen molar-refractivity contribution in [2.24, 2.45) is 0 Å². The summed E-state index contributed by atoms with van der Waals surface area (Å²) in [5.41, 5.74) is 0.953. The summed E-state index contributed by atoms with van der Waals surface area (Å²) in [4.78, 5) is 11.5. The predicted molar refractivity (Wildman–Crippen MR) is 68.6 cm³/mol. The highest BCUT2D eigenvalue weighted by Gasteiger charge is 2.15. The third-order valence-corrected chi connectivity index (χ3v) is 3.49. The minimum absolute atomic E-state index is 0.0430. The first-order chi connectivity index (χ1) is 7.15. The molecule has 0 amide bonds. The molecule has 1 rings (SSSR count). The van der Waals surface area contributed by atoms with Crippen LogP contribution < -0.4 is 4.74 Å². The van der Waals surface area contributed by atoms with Gasteiger partial charge in [-0.2, -0.15) is 5.26 Å². The maximum absolute atomic E-state index is 11.5. The van der Waals surface area contributed by atoms with Gasteiger partial charge in [0.05, 0.1) is 12.4 Å². The van der Waals surface area contributed by atoms with Crippen LogP contribution in [0.15, 0.2) is 12.1 Å². The van der Waals surface area contributed by atoms with E-state index in [4.69, 9.17) is 10.00 Å². The molecule has 0 saturated carbocycles. The topological polar surface area (TPSA) is 50.1 Å². The van der Waals surface area contributed by atoms with Crippen LogP contribution in [0.4, 0.5) is 0 Å². The van der Waals surface area contributed by atoms with Gasteiger partial charge in [-0.1, -0.05) is 15.9 Å². The quantitative estimate of drug-likeness (QED) is 0.461. The number of alkyl halides is 1. The zero-order valence-corrected chi connectivity index (χ0v) is 11.6. The molecule has 0 aliphatic heterocycles. The second-order valence-electron chi connectivity index (χ2n) is 2.67. The predicted octanol–water partition coefficient (Wildman–Crippen LogP) is 2.75. The van der Waals surface area contributed by atoms with Crippen molar-refractivity contribution in [3.63, 3.8) is 0 Å². The largest absolute Gasteiger partial charge is 0.495 e. The van der Waals surface area contributed by atoms with Gasteiger partial charge in [0, 0.05) is 9.13 Å². The summed E-state index contributed by atoms with van der Waals surface area (Å²) in [6.07, 6.45) is 0. The summed E-state index contributed by atoms with van der Waals surface area (Å²) in [6.45, 7) is 0. The summed E-state index contributed by atoms with van der Waals surface area (Å²) in [6, 6.07) is 5.34. The van der Waals surface area contributed by atoms with Crippen molar-refractivity contribution in [2.75, 3.05) is 12.4 Å². The van der Waals surface area contributed by atoms with Crippen LogP contribution in [-0.2, 0) is 0 Å². The number of methoxy groups -OCH3 is 1. The molecule has 0 radical (unpaired) electrons. The molecule has 3 nitrogen and oxygen atoms in total. The molecule has 0 heterocycles. The number of ketones is 1. The fraction of sp³-hybridized carbons (Fsp3) is 0.200. The SMILES string of the molecule is COc1ccc(C(=O)CBr)c(I)c1C#N. The highest BCUT2D eigenvalue weighted by Crippen LogP contribution is 2.26. The van der Waals surface area contributed by atoms with Crippen molar-refractivity contribution in [1.82, 2.24) is 0 Å². The number of Topliss-reactive ketones (excluding diaryl/α,β-unsaturated/α-hetero) is 1. The first kappa shape index (κ1) is 12.5. The lowest BCUT2D eigenvalue weighted by Crippen LogP contribution is -2.05. The van der Waals surface area contributed by atoms with Crippen molar-refractivity contribution in [1.29, 1.82) is 5.26 Å². The third kappa shape index (κ3) is 2.49. The highest BCUT2D eigenvalue weighted by atomic mass is 127. The molecular formula is C10H7BrINO2. The molecule has 0 fully saturated rings. The van der Waals surface area contributed by atoms with Gasteiger partial charge < -0.3 is 4.74 Å². The number of ether oxygens (including phenoxy) is 1. The van der Waals surface area contributed by atoms with Gasteiger partial charge in [-0.15, -0.1) is 0 Å². The van der Waals surface area contributed by atoms with Crippen LogP contribution in [0.5, 0.6) is 5.75 Å². The van der Waals surface area contributed by atoms with Gasteiger partial charge in [0.15, 0.2) is 5.78 Å². The Hall–Kier alpha value is -0.610. The maximum atomic E-state index is 11.5. The van der Waals surface area contributed by atoms with Gasteiger partial charge in [0.2, 0.25) is 0 Å². The van der Waals surface area contributed by atoms with E-state index in [-0.39, 0.29) is 11.1 Å². The van der Waals surface area contributed by atoms with E-state index in [1.165, 1.54) is 7.11 Å². The first-order valence-electron chi connectivity index (χ1n) is 4.01. The molecule has 0 aliphatic rings. The number of hydrogen-bond donors (Lipinski definition) is 0. The standard InChI is InChI=1S/C10H7BrINO2/c1-15-9-3-2-6(8(14)4-11)10(12)7(9)5-13/h2-3H,4H2,1H3. The molecule has 0 saturated heterocycles. The van der Waals surface area contributed by atoms with E-state index in [0.29, 0.717) is 20.4 Å². The van der Waals surface area contributed by atoms with Gasteiger partial charge in [-0.05, 0) is 34.7 Å². The lowest BCUT2D eigenvalue weighted by molar-refractivity contribution is 0.102. The van der Waals surface area contributed by atoms with Crippen LogP contribution in [0.2, 0.25) is 0 Å². The summed E-state index contributed by atoms with van der Waals surface area (Å²) >= 11 is 5.09. The van der Waals surface area contributed by atoms with E-state index >= 15 is 0 Å². The number of rotatable bonds is 3. The van der Waals surface area contributed by atoms with Crippen molar-refractivity contribution in [3.05, 3.63) is 26.8 Å². The average molecular weight is 380 g/mol. The summed E-state index contributed by atoms with van der Waals surface area (Å²) in [7, 11) is 1.50. The zero-order valence-electron chi connectivity index (χ0n) is 7.88. The van der Waals surface area contributed by atoms with Gasteiger partial charge in [-0.3, -0.25) is 4.79 Å². The van der Waals surface area contributed by atoms with Crippen molar-refractivity contribution >= 4 is 44.3 Å². The molecule has 0 aliphatic carbocycles. The smallest absolute Gasteiger partial charge is 0.174 e. The van der Waals surface area contributed by atoms with Crippen LogP contribution >= 0.6 is 38.5 Å². The van der Waals surface area contributed by atoms with E-state index in [0.717, 1.165) is 0 Å². The second-order valence-corrected chi connectivity index (χ2v) is 4.31. The molecule has 78 valence electrons. The normalized spacial score (nSPS) is 9.47. The molecule has 5 heteroatoms. The number of carbonyl (C=O) groups is 1. The van der Waals surface area contributed by atoms with E-state index in [2.05, 4.69) is 15.9 Å². The first-order valence-corrected chi connectivity index (χ1v) is 6.21. The number of nitriles is 1. The van der Waals surface area contributed by atoms with E-state index in [1.807, 2.05) is 28.7 Å². The van der Waals surface area contributed by atoms with Gasteiger partial charge in [-0.25, -0.2) is 0 Å². The maximum Gasteiger partial charge on any atom is 0.174 e. The van der Waals surface area contributed by atoms with E-state index < -0.39 is 0 Å². The summed E-state index contributed by atoms with van der Waals surface area (Å²) in [5, 5.41) is 9.20. The Morgan fingerprint density at radius 2 is 2.33 bits per heavy atom. The fourth-order valence-electron chi connectivity index (χ4n) is 1.12. The molecule has 0 spiro atoms. The number of nitrogens with zero attached hydrogens (tertiary/aromatic N) is 1. The lowest BCUT2D eigenvalue weighted by Gasteiger charge is -2.07. The lowest BCUT2D eigenvalue weighted by atomic mass is 10.1. The number of hydrogen-bond acceptors (Lipinski definition) is 3. The molecule has 0 N–H and O–H groups in total. The van der Waals surface area contributed by atoms with Gasteiger partial charge in [0.1, 0.15) is 17.4 Å². The monoisotopic (exact) mass is 379 g/mol. The Labute approximate surface area is 110 Å². The minimum Gasteiger partial charge on any atom is -0.495 e. The molecular weight excluding hydrogens is 373 g/mol. The molecule has 15 heavy (non-hydrogen) atoms. The summed E-state index contributed by atoms with van der Waals surface area (Å²) in [5.74, 6) is 0.451. The Bertz CT molecular complexity index is 440. The molecule has 0 aromatic heterocycles. The number of halogens is 2. The molecule has 1 aromatic carbocycles. The van der Waals surface area contributed by atoms with Crippen LogP contribution in [0, 0.1) is 14.9 Å². The average Bonchev–Trinajstić information content (AvgIpc) is 2.27. The number of benzene rings is 1. The molecule has 0 unspecified atom stereocenters. The van der Waals surface area contributed by atoms with E-state index in [1.54, 1.807) is 12.1 Å². The van der Waals surface area contributed by atoms with Crippen molar-refractivity contribution < 1.29 is 9.53 Å². The Morgan fingerprint density at radius 3 is 2.80 bits per heavy atom. The van der Waals surface area contributed by atoms with Gasteiger partial charge >= 0.3 is 0 Å². The molecule has 0 bridgehead atoms.